The number of Topliss-reactive ketones (excluding diaryl/α,β-unsaturated/α-hetero) is 1. The van der Waals surface area contributed by atoms with E-state index in [0.717, 1.165) is 12.0 Å². The maximum atomic E-state index is 13.0. The van der Waals surface area contributed by atoms with Gasteiger partial charge in [-0.1, -0.05) is 19.1 Å². The zero-order valence-corrected chi connectivity index (χ0v) is 16.5. The van der Waals surface area contributed by atoms with Gasteiger partial charge in [0.1, 0.15) is 5.75 Å². The van der Waals surface area contributed by atoms with Gasteiger partial charge in [0.05, 0.1) is 16.0 Å². The molecule has 1 heterocycles. The second kappa shape index (κ2) is 8.14. The molecule has 3 rings (SSSR count). The van der Waals surface area contributed by atoms with E-state index in [1.807, 2.05) is 26.0 Å². The predicted molar refractivity (Wildman–Crippen MR) is 106 cm³/mol. The van der Waals surface area contributed by atoms with Crippen molar-refractivity contribution in [2.75, 3.05) is 11.9 Å². The van der Waals surface area contributed by atoms with E-state index in [-0.39, 0.29) is 10.7 Å². The largest absolute Gasteiger partial charge is 0.460 e. The molecule has 0 saturated carbocycles. The second-order valence-corrected chi connectivity index (χ2v) is 7.80. The summed E-state index contributed by atoms with van der Waals surface area (Å²) in [6.07, 6.45) is 1.42. The van der Waals surface area contributed by atoms with Crippen molar-refractivity contribution in [1.82, 2.24) is 0 Å². The van der Waals surface area contributed by atoms with Gasteiger partial charge in [0.2, 0.25) is 16.3 Å². The Balaban J connectivity index is 1.95. The quantitative estimate of drug-likeness (QED) is 0.720. The highest BCUT2D eigenvalue weighted by molar-refractivity contribution is 7.89. The van der Waals surface area contributed by atoms with Gasteiger partial charge < -0.3 is 14.8 Å². The van der Waals surface area contributed by atoms with Crippen LogP contribution in [0.15, 0.2) is 59.1 Å². The van der Waals surface area contributed by atoms with Crippen LogP contribution in [0.4, 0.5) is 5.69 Å². The Bertz CT molecular complexity index is 1030. The van der Waals surface area contributed by atoms with E-state index in [0.29, 0.717) is 29.2 Å². The summed E-state index contributed by atoms with van der Waals surface area (Å²) in [4.78, 5) is 13.0. The number of benzene rings is 2. The number of hydrogen-bond donors (Lipinski definition) is 2. The Kier molecular flexibility index (Phi) is 5.83. The maximum Gasteiger partial charge on any atom is 0.238 e. The topological polar surface area (TPSA) is 108 Å². The number of primary sulfonamides is 1. The fourth-order valence-electron chi connectivity index (χ4n) is 2.85. The summed E-state index contributed by atoms with van der Waals surface area (Å²) in [7, 11) is -3.82. The molecule has 2 aromatic carbocycles. The van der Waals surface area contributed by atoms with E-state index in [2.05, 4.69) is 5.32 Å². The van der Waals surface area contributed by atoms with Crippen LogP contribution in [0.25, 0.3) is 0 Å². The van der Waals surface area contributed by atoms with Gasteiger partial charge in [0.25, 0.3) is 0 Å². The molecule has 1 aliphatic heterocycles. The van der Waals surface area contributed by atoms with E-state index in [1.54, 1.807) is 18.2 Å². The summed E-state index contributed by atoms with van der Waals surface area (Å²) in [6, 6.07) is 11.5. The van der Waals surface area contributed by atoms with Crippen LogP contribution in [0.1, 0.15) is 29.8 Å². The maximum absolute atomic E-state index is 13.0. The van der Waals surface area contributed by atoms with Crippen LogP contribution in [0.5, 0.6) is 5.75 Å². The van der Waals surface area contributed by atoms with E-state index in [4.69, 9.17) is 14.6 Å². The normalized spacial score (nSPS) is 17.9. The van der Waals surface area contributed by atoms with Crippen LogP contribution in [0.3, 0.4) is 0 Å². The molecule has 0 spiro atoms. The first-order valence-electron chi connectivity index (χ1n) is 8.88. The lowest BCUT2D eigenvalue weighted by molar-refractivity contribution is -0.0509. The first-order chi connectivity index (χ1) is 13.3. The average Bonchev–Trinajstić information content (AvgIpc) is 2.67. The number of nitrogens with one attached hydrogen (secondary N) is 1. The van der Waals surface area contributed by atoms with Crippen LogP contribution in [0, 0.1) is 0 Å². The molecule has 7 nitrogen and oxygen atoms in total. The van der Waals surface area contributed by atoms with E-state index >= 15 is 0 Å². The molecule has 28 heavy (non-hydrogen) atoms. The summed E-state index contributed by atoms with van der Waals surface area (Å²) in [5.41, 5.74) is 2.26. The molecule has 1 unspecified atom stereocenters. The monoisotopic (exact) mass is 402 g/mol. The third kappa shape index (κ3) is 4.24. The lowest BCUT2D eigenvalue weighted by atomic mass is 9.97. The highest BCUT2D eigenvalue weighted by Crippen LogP contribution is 2.32. The van der Waals surface area contributed by atoms with Gasteiger partial charge in [-0.3, -0.25) is 4.79 Å². The Hall–Kier alpha value is -2.68. The van der Waals surface area contributed by atoms with Crippen molar-refractivity contribution in [2.24, 2.45) is 5.14 Å². The Morgan fingerprint density at radius 2 is 2.00 bits per heavy atom. The number of hydrogen-bond acceptors (Lipinski definition) is 6. The molecule has 0 aliphatic carbocycles. The molecule has 0 saturated heterocycles. The van der Waals surface area contributed by atoms with Crippen LogP contribution < -0.4 is 15.2 Å². The molecule has 3 N–H and O–H groups in total. The van der Waals surface area contributed by atoms with Crippen molar-refractivity contribution < 1.29 is 22.7 Å². The molecular weight excluding hydrogens is 380 g/mol. The van der Waals surface area contributed by atoms with Gasteiger partial charge >= 0.3 is 0 Å². The minimum absolute atomic E-state index is 0.0265. The molecule has 0 radical (unpaired) electrons. The van der Waals surface area contributed by atoms with Gasteiger partial charge in [-0.25, -0.2) is 13.6 Å². The van der Waals surface area contributed by atoms with Crippen LogP contribution in [-0.4, -0.2) is 27.1 Å². The van der Waals surface area contributed by atoms with Gasteiger partial charge in [-0.05, 0) is 49.2 Å². The lowest BCUT2D eigenvalue weighted by Crippen LogP contribution is -2.33. The number of nitrogens with two attached hydrogens (primary N) is 1. The molecule has 0 bridgehead atoms. The zero-order chi connectivity index (χ0) is 20.3. The van der Waals surface area contributed by atoms with Crippen molar-refractivity contribution in [1.29, 1.82) is 0 Å². The zero-order valence-electron chi connectivity index (χ0n) is 15.6. The number of carbonyl (C=O) groups excluding carboxylic acids is 1. The summed E-state index contributed by atoms with van der Waals surface area (Å²) < 4.78 is 34.5. The third-order valence-corrected chi connectivity index (χ3v) is 5.23. The number of fused-ring (bicyclic) bond motifs is 1. The fourth-order valence-corrected chi connectivity index (χ4v) is 3.41. The number of anilines is 1. The van der Waals surface area contributed by atoms with Crippen LogP contribution in [0.2, 0.25) is 0 Å². The molecule has 2 aromatic rings. The van der Waals surface area contributed by atoms with Crippen LogP contribution >= 0.6 is 0 Å². The summed E-state index contributed by atoms with van der Waals surface area (Å²) in [6.45, 7) is 4.18. The van der Waals surface area contributed by atoms with Crippen molar-refractivity contribution >= 4 is 21.5 Å². The third-order valence-electron chi connectivity index (χ3n) is 4.32. The van der Waals surface area contributed by atoms with E-state index in [1.165, 1.54) is 18.3 Å². The molecule has 1 aliphatic rings. The SMILES string of the molecule is CCOC1Oc2ccc(CC)cc2C(=O)/C1=C/Nc1cccc(S(N)(=O)=O)c1. The van der Waals surface area contributed by atoms with Crippen molar-refractivity contribution in [3.8, 4) is 5.75 Å². The van der Waals surface area contributed by atoms with Crippen molar-refractivity contribution in [3.63, 3.8) is 0 Å². The van der Waals surface area contributed by atoms with Crippen LogP contribution in [-0.2, 0) is 21.2 Å². The fraction of sp³-hybridized carbons (Fsp3) is 0.250. The first kappa shape index (κ1) is 20.1. The van der Waals surface area contributed by atoms with Crippen molar-refractivity contribution in [3.05, 3.63) is 65.4 Å². The number of ketones is 1. The summed E-state index contributed by atoms with van der Waals surface area (Å²) >= 11 is 0. The summed E-state index contributed by atoms with van der Waals surface area (Å²) in [5.74, 6) is 0.277. The minimum Gasteiger partial charge on any atom is -0.460 e. The van der Waals surface area contributed by atoms with Gasteiger partial charge in [-0.15, -0.1) is 0 Å². The molecule has 0 fully saturated rings. The molecule has 0 amide bonds. The number of sulfonamides is 1. The molecule has 1 atom stereocenters. The molecule has 148 valence electrons. The minimum atomic E-state index is -3.82. The number of rotatable bonds is 6. The number of aryl methyl sites for hydroxylation is 1. The highest BCUT2D eigenvalue weighted by Gasteiger charge is 2.32. The number of carbonyl (C=O) groups is 1. The van der Waals surface area contributed by atoms with Crippen molar-refractivity contribution in [2.45, 2.75) is 31.5 Å². The summed E-state index contributed by atoms with van der Waals surface area (Å²) in [5, 5.41) is 8.11. The highest BCUT2D eigenvalue weighted by atomic mass is 32.2. The van der Waals surface area contributed by atoms with E-state index < -0.39 is 16.3 Å². The Morgan fingerprint density at radius 1 is 1.21 bits per heavy atom. The Labute approximate surface area is 164 Å². The van der Waals surface area contributed by atoms with Gasteiger partial charge in [-0.2, -0.15) is 0 Å². The Morgan fingerprint density at radius 3 is 2.68 bits per heavy atom. The molecule has 8 heteroatoms. The molecular formula is C20H22N2O5S. The smallest absolute Gasteiger partial charge is 0.238 e. The van der Waals surface area contributed by atoms with Gasteiger partial charge in [0, 0.05) is 18.5 Å². The van der Waals surface area contributed by atoms with Gasteiger partial charge in [0.15, 0.2) is 5.78 Å². The van der Waals surface area contributed by atoms with E-state index in [9.17, 15) is 13.2 Å². The lowest BCUT2D eigenvalue weighted by Gasteiger charge is -2.27. The first-order valence-corrected chi connectivity index (χ1v) is 10.4. The number of ether oxygens (including phenoxy) is 2. The molecule has 0 aromatic heterocycles. The standard InChI is InChI=1S/C20H22N2O5S/c1-3-13-8-9-18-16(10-13)19(23)17(20(27-18)26-4-2)12-22-14-6-5-7-15(11-14)28(21,24)25/h5-12,20,22H,3-4H2,1-2H3,(H2,21,24,25)/b17-12-. The average molecular weight is 402 g/mol. The predicted octanol–water partition coefficient (Wildman–Crippen LogP) is 2.83. The second-order valence-electron chi connectivity index (χ2n) is 6.24.